The van der Waals surface area contributed by atoms with Crippen molar-refractivity contribution in [3.05, 3.63) is 71.1 Å². The SMILES string of the molecule is OCc1cc(Cl)cc(CNCCCCOC2CN(c3cc(-c4ccnnc4)cc4[nH]ncc34)C2)c1. The van der Waals surface area contributed by atoms with Crippen molar-refractivity contribution in [2.45, 2.75) is 32.1 Å². The molecule has 0 amide bonds. The van der Waals surface area contributed by atoms with Crippen molar-refractivity contribution in [2.75, 3.05) is 31.1 Å². The lowest BCUT2D eigenvalue weighted by molar-refractivity contribution is 0.0324. The number of benzene rings is 2. The lowest BCUT2D eigenvalue weighted by atomic mass is 10.0. The minimum absolute atomic E-state index is 0.00407. The quantitative estimate of drug-likeness (QED) is 0.273. The van der Waals surface area contributed by atoms with E-state index in [0.29, 0.717) is 5.02 Å². The highest BCUT2D eigenvalue weighted by atomic mass is 35.5. The molecule has 1 aliphatic rings. The first-order valence-corrected chi connectivity index (χ1v) is 12.3. The van der Waals surface area contributed by atoms with E-state index in [-0.39, 0.29) is 12.7 Å². The molecule has 4 aromatic rings. The summed E-state index contributed by atoms with van der Waals surface area (Å²) in [7, 11) is 0. The predicted molar refractivity (Wildman–Crippen MR) is 137 cm³/mol. The van der Waals surface area contributed by atoms with E-state index in [1.807, 2.05) is 24.4 Å². The van der Waals surface area contributed by atoms with Crippen LogP contribution < -0.4 is 10.2 Å². The number of nitrogens with zero attached hydrogens (tertiary/aromatic N) is 4. The number of anilines is 1. The van der Waals surface area contributed by atoms with Crippen LogP contribution in [0.25, 0.3) is 22.0 Å². The van der Waals surface area contributed by atoms with Gasteiger partial charge in [0.25, 0.3) is 0 Å². The molecule has 0 radical (unpaired) electrons. The Morgan fingerprint density at radius 3 is 2.77 bits per heavy atom. The molecule has 0 bridgehead atoms. The van der Waals surface area contributed by atoms with Crippen molar-refractivity contribution < 1.29 is 9.84 Å². The molecule has 35 heavy (non-hydrogen) atoms. The Hall–Kier alpha value is -3.04. The number of hydrogen-bond acceptors (Lipinski definition) is 7. The molecule has 3 heterocycles. The van der Waals surface area contributed by atoms with Gasteiger partial charge in [0.15, 0.2) is 0 Å². The van der Waals surface area contributed by atoms with E-state index in [0.717, 1.165) is 84.5 Å². The molecule has 5 rings (SSSR count). The molecule has 1 fully saturated rings. The molecule has 1 aliphatic heterocycles. The maximum absolute atomic E-state index is 9.30. The second-order valence-electron chi connectivity index (χ2n) is 8.87. The first-order valence-electron chi connectivity index (χ1n) is 11.9. The van der Waals surface area contributed by atoms with Crippen LogP contribution in [0.4, 0.5) is 5.69 Å². The molecule has 3 N–H and O–H groups in total. The number of fused-ring (bicyclic) bond motifs is 1. The van der Waals surface area contributed by atoms with Crippen LogP contribution in [0.1, 0.15) is 24.0 Å². The zero-order valence-corrected chi connectivity index (χ0v) is 20.2. The van der Waals surface area contributed by atoms with E-state index in [4.69, 9.17) is 16.3 Å². The van der Waals surface area contributed by atoms with Crippen molar-refractivity contribution in [2.24, 2.45) is 0 Å². The van der Waals surface area contributed by atoms with E-state index >= 15 is 0 Å². The number of aliphatic hydroxyl groups excluding tert-OH is 1. The topological polar surface area (TPSA) is 99.2 Å². The van der Waals surface area contributed by atoms with Gasteiger partial charge in [0, 0.05) is 47.9 Å². The van der Waals surface area contributed by atoms with Gasteiger partial charge in [-0.1, -0.05) is 17.7 Å². The Bertz CT molecular complexity index is 1260. The van der Waals surface area contributed by atoms with Crippen LogP contribution in [0.15, 0.2) is 55.0 Å². The van der Waals surface area contributed by atoms with E-state index in [1.165, 1.54) is 0 Å². The number of unbranched alkanes of at least 4 members (excludes halogenated alkanes) is 1. The second-order valence-corrected chi connectivity index (χ2v) is 9.30. The van der Waals surface area contributed by atoms with Crippen molar-refractivity contribution >= 4 is 28.2 Å². The van der Waals surface area contributed by atoms with Gasteiger partial charge in [0.2, 0.25) is 0 Å². The van der Waals surface area contributed by atoms with E-state index in [2.05, 4.69) is 42.7 Å². The number of aromatic amines is 1. The molecule has 9 heteroatoms. The lowest BCUT2D eigenvalue weighted by Crippen LogP contribution is -2.52. The van der Waals surface area contributed by atoms with E-state index in [9.17, 15) is 5.11 Å². The highest BCUT2D eigenvalue weighted by molar-refractivity contribution is 6.30. The highest BCUT2D eigenvalue weighted by Crippen LogP contribution is 2.34. The fourth-order valence-electron chi connectivity index (χ4n) is 4.41. The predicted octanol–water partition coefficient (Wildman–Crippen LogP) is 3.94. The molecular formula is C26H29ClN6O2. The molecule has 2 aromatic heterocycles. The minimum Gasteiger partial charge on any atom is -0.392 e. The molecule has 182 valence electrons. The third-order valence-electron chi connectivity index (χ3n) is 6.27. The molecule has 0 atom stereocenters. The number of nitrogens with one attached hydrogen (secondary N) is 2. The van der Waals surface area contributed by atoms with Crippen LogP contribution in [0, 0.1) is 0 Å². The number of aromatic nitrogens is 4. The third-order valence-corrected chi connectivity index (χ3v) is 6.49. The number of H-pyrrole nitrogens is 1. The summed E-state index contributed by atoms with van der Waals surface area (Å²) in [4.78, 5) is 2.34. The summed E-state index contributed by atoms with van der Waals surface area (Å²) in [5, 5.41) is 29.7. The first kappa shape index (κ1) is 23.7. The largest absolute Gasteiger partial charge is 0.392 e. The van der Waals surface area contributed by atoms with Crippen molar-refractivity contribution in [1.82, 2.24) is 25.7 Å². The van der Waals surface area contributed by atoms with Gasteiger partial charge >= 0.3 is 0 Å². The van der Waals surface area contributed by atoms with Gasteiger partial charge in [0.05, 0.1) is 36.8 Å². The minimum atomic E-state index is 0.00407. The summed E-state index contributed by atoms with van der Waals surface area (Å²) < 4.78 is 6.09. The number of halogens is 1. The smallest absolute Gasteiger partial charge is 0.0924 e. The number of hydrogen-bond donors (Lipinski definition) is 3. The summed E-state index contributed by atoms with van der Waals surface area (Å²) in [5.74, 6) is 0. The second kappa shape index (κ2) is 11.1. The fourth-order valence-corrected chi connectivity index (χ4v) is 4.69. The average molecular weight is 493 g/mol. The summed E-state index contributed by atoms with van der Waals surface area (Å²) >= 11 is 6.10. The molecule has 0 unspecified atom stereocenters. The number of rotatable bonds is 11. The van der Waals surface area contributed by atoms with Crippen LogP contribution in [0.2, 0.25) is 5.02 Å². The maximum atomic E-state index is 9.30. The highest BCUT2D eigenvalue weighted by Gasteiger charge is 2.29. The number of aliphatic hydroxyl groups is 1. The number of ether oxygens (including phenoxy) is 1. The Balaban J connectivity index is 1.05. The van der Waals surface area contributed by atoms with Gasteiger partial charge < -0.3 is 20.1 Å². The molecule has 2 aromatic carbocycles. The van der Waals surface area contributed by atoms with Gasteiger partial charge in [-0.05, 0) is 66.4 Å². The molecule has 0 saturated carbocycles. The summed E-state index contributed by atoms with van der Waals surface area (Å²) in [6.45, 7) is 4.16. The van der Waals surface area contributed by atoms with Crippen LogP contribution in [-0.4, -0.2) is 57.8 Å². The average Bonchev–Trinajstić information content (AvgIpc) is 3.33. The van der Waals surface area contributed by atoms with E-state index in [1.54, 1.807) is 18.5 Å². The summed E-state index contributed by atoms with van der Waals surface area (Å²) in [6, 6.07) is 12.0. The normalized spacial score (nSPS) is 13.9. The fraction of sp³-hybridized carbons (Fsp3) is 0.346. The monoisotopic (exact) mass is 492 g/mol. The summed E-state index contributed by atoms with van der Waals surface area (Å²) in [5.41, 5.74) is 6.22. The Morgan fingerprint density at radius 2 is 1.94 bits per heavy atom. The van der Waals surface area contributed by atoms with Crippen molar-refractivity contribution in [1.29, 1.82) is 0 Å². The zero-order valence-electron chi connectivity index (χ0n) is 19.5. The van der Waals surface area contributed by atoms with Gasteiger partial charge in [-0.15, -0.1) is 0 Å². The molecule has 1 saturated heterocycles. The Labute approximate surface area is 209 Å². The molecule has 0 spiro atoms. The van der Waals surface area contributed by atoms with Crippen molar-refractivity contribution in [3.8, 4) is 11.1 Å². The van der Waals surface area contributed by atoms with Crippen LogP contribution >= 0.6 is 11.6 Å². The van der Waals surface area contributed by atoms with Gasteiger partial charge in [-0.2, -0.15) is 15.3 Å². The van der Waals surface area contributed by atoms with Gasteiger partial charge in [0.1, 0.15) is 0 Å². The van der Waals surface area contributed by atoms with Crippen molar-refractivity contribution in [3.63, 3.8) is 0 Å². The summed E-state index contributed by atoms with van der Waals surface area (Å²) in [6.07, 6.45) is 7.67. The van der Waals surface area contributed by atoms with Crippen LogP contribution in [0.5, 0.6) is 0 Å². The zero-order chi connectivity index (χ0) is 24.0. The molecule has 8 nitrogen and oxygen atoms in total. The lowest BCUT2D eigenvalue weighted by Gasteiger charge is -2.41. The first-order chi connectivity index (χ1) is 17.2. The van der Waals surface area contributed by atoms with Gasteiger partial charge in [-0.25, -0.2) is 0 Å². The van der Waals surface area contributed by atoms with Crippen LogP contribution in [0.3, 0.4) is 0 Å². The third kappa shape index (κ3) is 5.79. The Morgan fingerprint density at radius 1 is 1.06 bits per heavy atom. The van der Waals surface area contributed by atoms with E-state index < -0.39 is 0 Å². The standard InChI is InChI=1S/C26H29ClN6O2/c27-22-8-18(7-19(9-22)17-34)12-28-4-1-2-6-35-23-15-33(16-23)26-11-21(20-3-5-29-30-13-20)10-25-24(26)14-31-32-25/h3,5,7-11,13-14,23,28,34H,1-2,4,6,12,15-17H2,(H,31,32). The molecular weight excluding hydrogens is 464 g/mol. The Kier molecular flexibility index (Phi) is 7.54. The molecule has 0 aliphatic carbocycles. The maximum Gasteiger partial charge on any atom is 0.0924 e. The van der Waals surface area contributed by atoms with Gasteiger partial charge in [-0.3, -0.25) is 5.10 Å². The van der Waals surface area contributed by atoms with Crippen LogP contribution in [-0.2, 0) is 17.9 Å².